The van der Waals surface area contributed by atoms with E-state index in [0.717, 1.165) is 36.5 Å². The molecule has 4 aromatic rings. The third kappa shape index (κ3) is 4.19. The second kappa shape index (κ2) is 8.47. The van der Waals surface area contributed by atoms with E-state index in [2.05, 4.69) is 10.1 Å². The Kier molecular flexibility index (Phi) is 5.77. The smallest absolute Gasteiger partial charge is 0.417 e. The molecule has 0 radical (unpaired) electrons. The maximum Gasteiger partial charge on any atom is 0.417 e. The van der Waals surface area contributed by atoms with E-state index in [1.807, 2.05) is 0 Å². The van der Waals surface area contributed by atoms with Crippen LogP contribution >= 0.6 is 11.6 Å². The molecule has 2 aromatic carbocycles. The number of nitrogens with zero attached hydrogens (tertiary/aromatic N) is 3. The summed E-state index contributed by atoms with van der Waals surface area (Å²) < 4.78 is 56.0. The van der Waals surface area contributed by atoms with Crippen molar-refractivity contribution in [3.8, 4) is 11.3 Å². The Morgan fingerprint density at radius 3 is 2.26 bits per heavy atom. The number of aromatic nitrogens is 3. The Morgan fingerprint density at radius 1 is 0.971 bits per heavy atom. The molecule has 0 aliphatic rings. The maximum atomic E-state index is 14.8. The molecule has 2 heterocycles. The molecule has 0 aliphatic carbocycles. The third-order valence-electron chi connectivity index (χ3n) is 4.96. The number of hydrogen-bond acceptors (Lipinski definition) is 5. The summed E-state index contributed by atoms with van der Waals surface area (Å²) in [5.74, 6) is -5.30. The van der Waals surface area contributed by atoms with Crippen molar-refractivity contribution in [2.75, 3.05) is 0 Å². The van der Waals surface area contributed by atoms with Gasteiger partial charge in [0.05, 0.1) is 32.8 Å². The Labute approximate surface area is 197 Å². The first-order valence-electron chi connectivity index (χ1n) is 9.46. The fourth-order valence-corrected chi connectivity index (χ4v) is 3.63. The molecule has 4 rings (SSSR count). The standard InChI is InChI=1S/C22H10ClF4N3O5/c23-13-3-1-2-12(22(25,26)27)16(13)19(31)30-15-7-10(21(34)35)8-28-18(15)17(29-30)11-5-4-9(20(32)33)6-14(11)24/h1-8H,(H,32,33)(H,34,35). The zero-order chi connectivity index (χ0) is 25.7. The van der Waals surface area contributed by atoms with Crippen molar-refractivity contribution in [1.29, 1.82) is 0 Å². The molecule has 13 heteroatoms. The number of pyridine rings is 1. The molecule has 35 heavy (non-hydrogen) atoms. The molecule has 0 saturated heterocycles. The van der Waals surface area contributed by atoms with Crippen LogP contribution in [0.25, 0.3) is 22.3 Å². The molecule has 2 aromatic heterocycles. The second-order valence-electron chi connectivity index (χ2n) is 7.12. The highest BCUT2D eigenvalue weighted by molar-refractivity contribution is 6.34. The van der Waals surface area contributed by atoms with Gasteiger partial charge in [-0.15, -0.1) is 0 Å². The molecule has 0 spiro atoms. The molecule has 0 fully saturated rings. The third-order valence-corrected chi connectivity index (χ3v) is 5.28. The van der Waals surface area contributed by atoms with Crippen LogP contribution in [0.4, 0.5) is 17.6 Å². The maximum absolute atomic E-state index is 14.8. The highest BCUT2D eigenvalue weighted by atomic mass is 35.5. The lowest BCUT2D eigenvalue weighted by Crippen LogP contribution is -2.20. The van der Waals surface area contributed by atoms with Gasteiger partial charge in [0.25, 0.3) is 5.91 Å². The number of hydrogen-bond donors (Lipinski definition) is 2. The van der Waals surface area contributed by atoms with E-state index >= 15 is 0 Å². The van der Waals surface area contributed by atoms with E-state index in [-0.39, 0.29) is 22.3 Å². The van der Waals surface area contributed by atoms with Crippen molar-refractivity contribution < 1.29 is 42.2 Å². The molecular weight excluding hydrogens is 498 g/mol. The van der Waals surface area contributed by atoms with Gasteiger partial charge in [0.2, 0.25) is 0 Å². The van der Waals surface area contributed by atoms with Crippen molar-refractivity contribution in [2.24, 2.45) is 0 Å². The van der Waals surface area contributed by atoms with Crippen LogP contribution in [-0.2, 0) is 6.18 Å². The molecule has 0 saturated carbocycles. The molecule has 0 atom stereocenters. The zero-order valence-electron chi connectivity index (χ0n) is 17.0. The van der Waals surface area contributed by atoms with E-state index in [1.165, 1.54) is 0 Å². The van der Waals surface area contributed by atoms with Crippen molar-refractivity contribution in [2.45, 2.75) is 6.18 Å². The molecule has 2 N–H and O–H groups in total. The highest BCUT2D eigenvalue weighted by Crippen LogP contribution is 2.37. The quantitative estimate of drug-likeness (QED) is 0.373. The SMILES string of the molecule is O=C(O)c1ccc(-c2nn(C(=O)c3c(Cl)cccc3C(F)(F)F)c3cc(C(=O)O)cnc23)c(F)c1. The zero-order valence-corrected chi connectivity index (χ0v) is 17.7. The molecule has 0 amide bonds. The minimum atomic E-state index is -4.97. The van der Waals surface area contributed by atoms with Crippen LogP contribution in [0.2, 0.25) is 5.02 Å². The summed E-state index contributed by atoms with van der Waals surface area (Å²) in [6, 6.07) is 6.41. The van der Waals surface area contributed by atoms with Crippen molar-refractivity contribution in [1.82, 2.24) is 14.8 Å². The number of alkyl halides is 3. The Bertz CT molecular complexity index is 1550. The Balaban J connectivity index is 2.02. The summed E-state index contributed by atoms with van der Waals surface area (Å²) >= 11 is 5.92. The van der Waals surface area contributed by atoms with Gasteiger partial charge in [-0.2, -0.15) is 23.0 Å². The molecule has 0 bridgehead atoms. The second-order valence-corrected chi connectivity index (χ2v) is 7.53. The van der Waals surface area contributed by atoms with Gasteiger partial charge >= 0.3 is 18.1 Å². The number of rotatable bonds is 4. The van der Waals surface area contributed by atoms with Gasteiger partial charge in [-0.1, -0.05) is 17.7 Å². The highest BCUT2D eigenvalue weighted by Gasteiger charge is 2.37. The van der Waals surface area contributed by atoms with E-state index < -0.39 is 57.1 Å². The average molecular weight is 508 g/mol. The lowest BCUT2D eigenvalue weighted by atomic mass is 10.1. The first-order valence-corrected chi connectivity index (χ1v) is 9.83. The Hall–Kier alpha value is -4.32. The van der Waals surface area contributed by atoms with Crippen LogP contribution in [0.1, 0.15) is 36.6 Å². The van der Waals surface area contributed by atoms with Crippen LogP contribution in [0, 0.1) is 5.82 Å². The van der Waals surface area contributed by atoms with Crippen LogP contribution in [0.3, 0.4) is 0 Å². The normalized spacial score (nSPS) is 11.6. The van der Waals surface area contributed by atoms with Gasteiger partial charge in [-0.05, 0) is 36.4 Å². The summed E-state index contributed by atoms with van der Waals surface area (Å²) in [4.78, 5) is 39.7. The summed E-state index contributed by atoms with van der Waals surface area (Å²) in [6.07, 6.45) is -4.07. The summed E-state index contributed by atoms with van der Waals surface area (Å²) in [5, 5.41) is 21.7. The summed E-state index contributed by atoms with van der Waals surface area (Å²) in [5.41, 5.74) is -4.34. The van der Waals surface area contributed by atoms with E-state index in [1.54, 1.807) is 0 Å². The number of carboxylic acid groups (broad SMARTS) is 2. The van der Waals surface area contributed by atoms with Crippen LogP contribution < -0.4 is 0 Å². The average Bonchev–Trinajstić information content (AvgIpc) is 3.16. The lowest BCUT2D eigenvalue weighted by Gasteiger charge is -2.13. The van der Waals surface area contributed by atoms with Gasteiger partial charge in [0.1, 0.15) is 17.0 Å². The topological polar surface area (TPSA) is 122 Å². The van der Waals surface area contributed by atoms with E-state index in [0.29, 0.717) is 16.8 Å². The first-order chi connectivity index (χ1) is 16.4. The molecule has 178 valence electrons. The van der Waals surface area contributed by atoms with Gasteiger partial charge in [-0.25, -0.2) is 14.0 Å². The fraction of sp³-hybridized carbons (Fsp3) is 0.0455. The molecular formula is C22H10ClF4N3O5. The number of fused-ring (bicyclic) bond motifs is 1. The van der Waals surface area contributed by atoms with Crippen LogP contribution in [0.5, 0.6) is 0 Å². The molecule has 8 nitrogen and oxygen atoms in total. The van der Waals surface area contributed by atoms with Crippen LogP contribution in [-0.4, -0.2) is 42.8 Å². The number of carboxylic acids is 2. The van der Waals surface area contributed by atoms with Crippen molar-refractivity contribution in [3.63, 3.8) is 0 Å². The predicted molar refractivity (Wildman–Crippen MR) is 113 cm³/mol. The minimum Gasteiger partial charge on any atom is -0.478 e. The summed E-state index contributed by atoms with van der Waals surface area (Å²) in [7, 11) is 0. The van der Waals surface area contributed by atoms with Gasteiger partial charge in [0, 0.05) is 11.8 Å². The monoisotopic (exact) mass is 507 g/mol. The van der Waals surface area contributed by atoms with Crippen LogP contribution in [0.15, 0.2) is 48.7 Å². The molecule has 0 aliphatic heterocycles. The van der Waals surface area contributed by atoms with E-state index in [4.69, 9.17) is 16.7 Å². The van der Waals surface area contributed by atoms with E-state index in [9.17, 15) is 37.1 Å². The number of carbonyl (C=O) groups excluding carboxylic acids is 1. The lowest BCUT2D eigenvalue weighted by molar-refractivity contribution is -0.137. The fourth-order valence-electron chi connectivity index (χ4n) is 3.38. The molecule has 0 unspecified atom stereocenters. The number of benzene rings is 2. The van der Waals surface area contributed by atoms with Gasteiger partial charge in [0.15, 0.2) is 0 Å². The van der Waals surface area contributed by atoms with Gasteiger partial charge < -0.3 is 10.2 Å². The van der Waals surface area contributed by atoms with Crippen molar-refractivity contribution in [3.05, 3.63) is 81.8 Å². The Morgan fingerprint density at radius 2 is 1.66 bits per heavy atom. The summed E-state index contributed by atoms with van der Waals surface area (Å²) in [6.45, 7) is 0. The number of carbonyl (C=O) groups is 3. The first kappa shape index (κ1) is 23.8. The largest absolute Gasteiger partial charge is 0.478 e. The predicted octanol–water partition coefficient (Wildman–Crippen LogP) is 4.99. The van der Waals surface area contributed by atoms with Crippen molar-refractivity contribution >= 4 is 40.5 Å². The number of halogens is 5. The van der Waals surface area contributed by atoms with Gasteiger partial charge in [-0.3, -0.25) is 9.78 Å². The number of aromatic carboxylic acids is 2. The minimum absolute atomic E-state index is 0.217.